The maximum absolute atomic E-state index is 13.0. The number of hydrogen-bond acceptors (Lipinski definition) is 9. The fraction of sp³-hybridized carbons (Fsp3) is 0.0909. The summed E-state index contributed by atoms with van der Waals surface area (Å²) in [5, 5.41) is 27.7. The first-order valence-corrected chi connectivity index (χ1v) is 10.8. The Hall–Kier alpha value is -4.45. The third kappa shape index (κ3) is 3.79. The first-order chi connectivity index (χ1) is 16.4. The topological polar surface area (TPSA) is 138 Å². The molecule has 0 unspecified atom stereocenters. The summed E-state index contributed by atoms with van der Waals surface area (Å²) in [4.78, 5) is 24.4. The zero-order chi connectivity index (χ0) is 23.8. The van der Waals surface area contributed by atoms with E-state index in [0.29, 0.717) is 32.7 Å². The van der Waals surface area contributed by atoms with E-state index in [4.69, 9.17) is 9.15 Å². The van der Waals surface area contributed by atoms with Gasteiger partial charge in [0.15, 0.2) is 0 Å². The Balaban J connectivity index is 1.47. The van der Waals surface area contributed by atoms with Gasteiger partial charge in [0.25, 0.3) is 11.6 Å². The number of benzene rings is 3. The number of fused-ring (bicyclic) bond motifs is 3. The third-order valence-corrected chi connectivity index (χ3v) is 6.24. The molecule has 0 aliphatic rings. The number of nitrogens with zero attached hydrogens (tertiary/aromatic N) is 5. The van der Waals surface area contributed by atoms with Crippen LogP contribution in [-0.4, -0.2) is 38.1 Å². The summed E-state index contributed by atoms with van der Waals surface area (Å²) in [5.74, 6) is -0.0994. The van der Waals surface area contributed by atoms with Crippen molar-refractivity contribution in [2.24, 2.45) is 7.05 Å². The van der Waals surface area contributed by atoms with Gasteiger partial charge in [0, 0.05) is 35.5 Å². The molecule has 0 saturated heterocycles. The highest BCUT2D eigenvalue weighted by molar-refractivity contribution is 7.99. The molecule has 34 heavy (non-hydrogen) atoms. The number of nitro groups is 1. The second-order valence-electron chi connectivity index (χ2n) is 7.23. The first-order valence-electron chi connectivity index (χ1n) is 9.94. The fourth-order valence-corrected chi connectivity index (χ4v) is 4.32. The van der Waals surface area contributed by atoms with E-state index >= 15 is 0 Å². The summed E-state index contributed by atoms with van der Waals surface area (Å²) >= 11 is 1.03. The zero-order valence-electron chi connectivity index (χ0n) is 17.9. The van der Waals surface area contributed by atoms with Gasteiger partial charge < -0.3 is 14.5 Å². The van der Waals surface area contributed by atoms with E-state index in [1.807, 2.05) is 24.3 Å². The highest BCUT2D eigenvalue weighted by atomic mass is 32.2. The van der Waals surface area contributed by atoms with Gasteiger partial charge in [0.2, 0.25) is 5.16 Å². The van der Waals surface area contributed by atoms with Crippen LogP contribution in [0, 0.1) is 10.1 Å². The Bertz CT molecular complexity index is 1580. The van der Waals surface area contributed by atoms with Crippen LogP contribution in [-0.2, 0) is 7.05 Å². The lowest BCUT2D eigenvalue weighted by molar-refractivity contribution is -0.387. The smallest absolute Gasteiger partial charge is 0.284 e. The number of aromatic nitrogens is 4. The Morgan fingerprint density at radius 1 is 1.15 bits per heavy atom. The molecule has 0 aliphatic carbocycles. The Kier molecular flexibility index (Phi) is 5.34. The molecule has 1 N–H and O–H groups in total. The third-order valence-electron chi connectivity index (χ3n) is 5.15. The number of carbonyl (C=O) groups is 1. The first kappa shape index (κ1) is 21.4. The molecule has 0 atom stereocenters. The molecule has 2 aromatic heterocycles. The molecule has 5 aromatic rings. The van der Waals surface area contributed by atoms with Gasteiger partial charge in [-0.05, 0) is 46.5 Å². The quantitative estimate of drug-likeness (QED) is 0.278. The van der Waals surface area contributed by atoms with Crippen molar-refractivity contribution in [3.8, 4) is 5.75 Å². The SMILES string of the molecule is COc1cc2c(cc1NC(=O)c1ccc(Sc3nnnn3C)c([N+](=O)[O-])c1)oc1ccccc12. The molecule has 12 heteroatoms. The minimum absolute atomic E-state index is 0.110. The van der Waals surface area contributed by atoms with Crippen LogP contribution in [0.4, 0.5) is 11.4 Å². The van der Waals surface area contributed by atoms with E-state index in [0.717, 1.165) is 22.5 Å². The molecule has 0 aliphatic heterocycles. The van der Waals surface area contributed by atoms with Crippen LogP contribution in [0.5, 0.6) is 5.75 Å². The number of nitro benzene ring substituents is 1. The lowest BCUT2D eigenvalue weighted by atomic mass is 10.1. The highest BCUT2D eigenvalue weighted by Crippen LogP contribution is 2.37. The second kappa shape index (κ2) is 8.48. The Morgan fingerprint density at radius 2 is 1.97 bits per heavy atom. The van der Waals surface area contributed by atoms with Crippen LogP contribution in [0.2, 0.25) is 0 Å². The van der Waals surface area contributed by atoms with Gasteiger partial charge in [-0.25, -0.2) is 4.68 Å². The molecule has 11 nitrogen and oxygen atoms in total. The number of hydrogen-bond donors (Lipinski definition) is 1. The number of rotatable bonds is 6. The largest absolute Gasteiger partial charge is 0.495 e. The van der Waals surface area contributed by atoms with Crippen molar-refractivity contribution in [1.82, 2.24) is 20.2 Å². The minimum atomic E-state index is -0.552. The molecule has 2 heterocycles. The number of ether oxygens (including phenoxy) is 1. The number of anilines is 1. The summed E-state index contributed by atoms with van der Waals surface area (Å²) in [6.07, 6.45) is 0. The van der Waals surface area contributed by atoms with Crippen molar-refractivity contribution in [3.63, 3.8) is 0 Å². The summed E-state index contributed by atoms with van der Waals surface area (Å²) in [5.41, 5.74) is 1.54. The van der Waals surface area contributed by atoms with Gasteiger partial charge in [-0.2, -0.15) is 0 Å². The van der Waals surface area contributed by atoms with Gasteiger partial charge in [0.05, 0.1) is 22.6 Å². The maximum atomic E-state index is 13.0. The van der Waals surface area contributed by atoms with Crippen LogP contribution in [0.3, 0.4) is 0 Å². The van der Waals surface area contributed by atoms with Gasteiger partial charge in [0.1, 0.15) is 16.9 Å². The molecule has 0 fully saturated rings. The van der Waals surface area contributed by atoms with E-state index in [1.54, 1.807) is 19.2 Å². The fourth-order valence-electron chi connectivity index (χ4n) is 3.51. The van der Waals surface area contributed by atoms with Gasteiger partial charge in [-0.1, -0.05) is 18.2 Å². The normalized spacial score (nSPS) is 11.1. The molecular weight excluding hydrogens is 460 g/mol. The van der Waals surface area contributed by atoms with E-state index < -0.39 is 10.8 Å². The summed E-state index contributed by atoms with van der Waals surface area (Å²) in [6, 6.07) is 15.3. The summed E-state index contributed by atoms with van der Waals surface area (Å²) in [6.45, 7) is 0. The van der Waals surface area contributed by atoms with E-state index in [2.05, 4.69) is 20.8 Å². The van der Waals surface area contributed by atoms with E-state index in [9.17, 15) is 14.9 Å². The monoisotopic (exact) mass is 476 g/mol. The second-order valence-corrected chi connectivity index (χ2v) is 8.24. The number of methoxy groups -OCH3 is 1. The van der Waals surface area contributed by atoms with Gasteiger partial charge >= 0.3 is 0 Å². The summed E-state index contributed by atoms with van der Waals surface area (Å²) < 4.78 is 12.8. The molecule has 0 radical (unpaired) electrons. The Morgan fingerprint density at radius 3 is 2.71 bits per heavy atom. The van der Waals surface area contributed by atoms with Crippen molar-refractivity contribution in [2.45, 2.75) is 10.1 Å². The van der Waals surface area contributed by atoms with Gasteiger partial charge in [-0.15, -0.1) is 5.10 Å². The molecule has 3 aromatic carbocycles. The molecule has 1 amide bonds. The van der Waals surface area contributed by atoms with Crippen LogP contribution >= 0.6 is 11.8 Å². The predicted octanol–water partition coefficient (Wildman–Crippen LogP) is 4.43. The number of para-hydroxylation sites is 1. The average molecular weight is 476 g/mol. The lowest BCUT2D eigenvalue weighted by Crippen LogP contribution is -2.13. The number of amides is 1. The molecule has 5 rings (SSSR count). The van der Waals surface area contributed by atoms with Crippen LogP contribution in [0.15, 0.2) is 69.1 Å². The molecule has 170 valence electrons. The van der Waals surface area contributed by atoms with Crippen molar-refractivity contribution in [1.29, 1.82) is 0 Å². The number of furan rings is 1. The average Bonchev–Trinajstić information content (AvgIpc) is 3.40. The van der Waals surface area contributed by atoms with E-state index in [-0.39, 0.29) is 11.3 Å². The molecule has 0 bridgehead atoms. The van der Waals surface area contributed by atoms with Crippen molar-refractivity contribution in [3.05, 3.63) is 70.3 Å². The van der Waals surface area contributed by atoms with E-state index in [1.165, 1.54) is 30.0 Å². The predicted molar refractivity (Wildman–Crippen MR) is 124 cm³/mol. The molecular formula is C22H16N6O5S. The number of aryl methyl sites for hydroxylation is 1. The van der Waals surface area contributed by atoms with Crippen LogP contribution < -0.4 is 10.1 Å². The van der Waals surface area contributed by atoms with Gasteiger partial charge in [-0.3, -0.25) is 14.9 Å². The molecule has 0 saturated carbocycles. The summed E-state index contributed by atoms with van der Waals surface area (Å²) in [7, 11) is 3.12. The minimum Gasteiger partial charge on any atom is -0.495 e. The highest BCUT2D eigenvalue weighted by Gasteiger charge is 2.21. The van der Waals surface area contributed by atoms with Crippen molar-refractivity contribution in [2.75, 3.05) is 12.4 Å². The molecule has 0 spiro atoms. The standard InChI is InChI=1S/C22H16N6O5S/c1-27-22(24-25-26-27)34-20-8-7-12(9-16(20)28(30)31)21(29)23-15-11-18-14(10-19(15)32-2)13-5-3-4-6-17(13)33-18/h3-11H,1-2H3,(H,23,29). The van der Waals surface area contributed by atoms with Crippen molar-refractivity contribution >= 4 is 51.0 Å². The van der Waals surface area contributed by atoms with Crippen LogP contribution in [0.25, 0.3) is 21.9 Å². The maximum Gasteiger partial charge on any atom is 0.284 e. The van der Waals surface area contributed by atoms with Crippen LogP contribution in [0.1, 0.15) is 10.4 Å². The Labute approximate surface area is 195 Å². The number of carbonyl (C=O) groups excluding carboxylic acids is 1. The number of nitrogens with one attached hydrogen (secondary N) is 1. The van der Waals surface area contributed by atoms with Crippen molar-refractivity contribution < 1.29 is 18.9 Å². The zero-order valence-corrected chi connectivity index (χ0v) is 18.7. The lowest BCUT2D eigenvalue weighted by Gasteiger charge is -2.11. The number of tetrazole rings is 1.